The fraction of sp³-hybridized carbons (Fsp3) is 0.636. The van der Waals surface area contributed by atoms with E-state index in [9.17, 15) is 13.2 Å². The first kappa shape index (κ1) is 22.2. The van der Waals surface area contributed by atoms with Crippen molar-refractivity contribution in [1.82, 2.24) is 18.8 Å². The van der Waals surface area contributed by atoms with Crippen LogP contribution < -0.4 is 0 Å². The summed E-state index contributed by atoms with van der Waals surface area (Å²) in [4.78, 5) is 19.6. The number of nitrogens with zero attached hydrogens (tertiary/aromatic N) is 4. The van der Waals surface area contributed by atoms with Crippen LogP contribution in [-0.2, 0) is 32.5 Å². The second-order valence-electron chi connectivity index (χ2n) is 8.53. The molecule has 31 heavy (non-hydrogen) atoms. The van der Waals surface area contributed by atoms with Crippen molar-refractivity contribution in [2.75, 3.05) is 39.4 Å². The van der Waals surface area contributed by atoms with E-state index in [0.717, 1.165) is 37.4 Å². The highest BCUT2D eigenvalue weighted by molar-refractivity contribution is 7.89. The Morgan fingerprint density at radius 3 is 2.71 bits per heavy atom. The molecule has 2 aromatic rings. The van der Waals surface area contributed by atoms with Crippen molar-refractivity contribution >= 4 is 27.0 Å². The van der Waals surface area contributed by atoms with Crippen LogP contribution in [0.4, 0.5) is 0 Å². The highest BCUT2D eigenvalue weighted by Gasteiger charge is 2.27. The first-order valence-electron chi connectivity index (χ1n) is 11.2. The first-order valence-corrected chi connectivity index (χ1v) is 12.7. The minimum Gasteiger partial charge on any atom is -0.379 e. The van der Waals surface area contributed by atoms with Gasteiger partial charge in [0.05, 0.1) is 29.1 Å². The van der Waals surface area contributed by atoms with Crippen molar-refractivity contribution in [3.8, 4) is 0 Å². The van der Waals surface area contributed by atoms with E-state index in [1.54, 1.807) is 12.1 Å². The van der Waals surface area contributed by atoms with Crippen molar-refractivity contribution in [2.24, 2.45) is 5.92 Å². The van der Waals surface area contributed by atoms with Crippen molar-refractivity contribution < 1.29 is 17.9 Å². The molecule has 2 aliphatic heterocycles. The summed E-state index contributed by atoms with van der Waals surface area (Å²) in [6.07, 6.45) is 3.23. The number of sulfonamides is 1. The Morgan fingerprint density at radius 2 is 2.00 bits per heavy atom. The Morgan fingerprint density at radius 1 is 1.23 bits per heavy atom. The van der Waals surface area contributed by atoms with Gasteiger partial charge >= 0.3 is 0 Å². The number of hydrogen-bond donors (Lipinski definition) is 0. The molecule has 0 N–H and O–H groups in total. The van der Waals surface area contributed by atoms with Gasteiger partial charge in [-0.15, -0.1) is 0 Å². The predicted octanol–water partition coefficient (Wildman–Crippen LogP) is 2.27. The van der Waals surface area contributed by atoms with Gasteiger partial charge in [-0.3, -0.25) is 4.79 Å². The van der Waals surface area contributed by atoms with Crippen molar-refractivity contribution in [3.63, 3.8) is 0 Å². The monoisotopic (exact) mass is 448 g/mol. The van der Waals surface area contributed by atoms with Crippen molar-refractivity contribution in [3.05, 3.63) is 24.0 Å². The smallest absolute Gasteiger partial charge is 0.243 e. The third kappa shape index (κ3) is 4.63. The molecule has 2 aliphatic rings. The number of carbonyl (C=O) groups is 1. The average molecular weight is 449 g/mol. The maximum Gasteiger partial charge on any atom is 0.243 e. The van der Waals surface area contributed by atoms with Crippen LogP contribution in [0.5, 0.6) is 0 Å². The number of aryl methyl sites for hydroxylation is 2. The average Bonchev–Trinajstić information content (AvgIpc) is 3.14. The van der Waals surface area contributed by atoms with Gasteiger partial charge in [-0.2, -0.15) is 4.31 Å². The number of fused-ring (bicyclic) bond motifs is 1. The van der Waals surface area contributed by atoms with Crippen LogP contribution in [0.1, 0.15) is 38.9 Å². The second-order valence-corrected chi connectivity index (χ2v) is 10.5. The summed E-state index contributed by atoms with van der Waals surface area (Å²) >= 11 is 0. The minimum absolute atomic E-state index is 0.178. The molecule has 3 heterocycles. The molecule has 170 valence electrons. The van der Waals surface area contributed by atoms with Gasteiger partial charge in [-0.05, 0) is 43.9 Å². The largest absolute Gasteiger partial charge is 0.379 e. The number of carbonyl (C=O) groups excluding carboxylic acids is 1. The molecule has 2 saturated heterocycles. The summed E-state index contributed by atoms with van der Waals surface area (Å²) in [6, 6.07) is 5.14. The molecule has 0 bridgehead atoms. The second kappa shape index (κ2) is 9.26. The maximum absolute atomic E-state index is 13.0. The topological polar surface area (TPSA) is 84.7 Å². The Hall–Kier alpha value is -1.97. The number of piperidine rings is 1. The minimum atomic E-state index is -3.57. The van der Waals surface area contributed by atoms with Gasteiger partial charge in [0.15, 0.2) is 0 Å². The molecule has 0 aliphatic carbocycles. The van der Waals surface area contributed by atoms with E-state index in [2.05, 4.69) is 11.5 Å². The van der Waals surface area contributed by atoms with E-state index in [0.29, 0.717) is 50.6 Å². The van der Waals surface area contributed by atoms with E-state index < -0.39 is 10.0 Å². The predicted molar refractivity (Wildman–Crippen MR) is 118 cm³/mol. The normalized spacial score (nSPS) is 21.0. The van der Waals surface area contributed by atoms with Gasteiger partial charge in [-0.25, -0.2) is 13.4 Å². The van der Waals surface area contributed by atoms with Gasteiger partial charge in [0.25, 0.3) is 0 Å². The first-order chi connectivity index (χ1) is 14.9. The fourth-order valence-corrected chi connectivity index (χ4v) is 6.02. The highest BCUT2D eigenvalue weighted by Crippen LogP contribution is 2.24. The lowest BCUT2D eigenvalue weighted by atomic mass is 10.00. The number of rotatable bonds is 6. The summed E-state index contributed by atoms with van der Waals surface area (Å²) in [5.41, 5.74) is 1.56. The van der Waals surface area contributed by atoms with Gasteiger partial charge in [0.2, 0.25) is 15.9 Å². The molecule has 1 amide bonds. The van der Waals surface area contributed by atoms with E-state index in [-0.39, 0.29) is 10.8 Å². The van der Waals surface area contributed by atoms with Gasteiger partial charge < -0.3 is 14.2 Å². The van der Waals surface area contributed by atoms with Crippen LogP contribution in [0.3, 0.4) is 0 Å². The molecule has 4 rings (SSSR count). The lowest BCUT2D eigenvalue weighted by Crippen LogP contribution is -2.40. The molecule has 1 aromatic heterocycles. The standard InChI is InChI=1S/C22H32N4O4S/c1-3-26-20-7-6-18(31(28,29)25-11-13-30-14-12-25)15-19(20)23-21(26)8-9-22(27)24-10-4-5-17(2)16-24/h6-7,15,17H,3-5,8-14,16H2,1-2H3. The molecular weight excluding hydrogens is 416 g/mol. The van der Waals surface area contributed by atoms with E-state index in [1.165, 1.54) is 10.7 Å². The van der Waals surface area contributed by atoms with E-state index in [4.69, 9.17) is 9.72 Å². The van der Waals surface area contributed by atoms with Crippen LogP contribution in [-0.4, -0.2) is 72.5 Å². The number of morpholine rings is 1. The lowest BCUT2D eigenvalue weighted by molar-refractivity contribution is -0.132. The molecule has 2 fully saturated rings. The van der Waals surface area contributed by atoms with Crippen LogP contribution in [0, 0.1) is 5.92 Å². The number of likely N-dealkylation sites (tertiary alicyclic amines) is 1. The quantitative estimate of drug-likeness (QED) is 0.677. The molecule has 1 atom stereocenters. The Labute approximate surface area is 184 Å². The fourth-order valence-electron chi connectivity index (χ4n) is 4.59. The summed E-state index contributed by atoms with van der Waals surface area (Å²) < 4.78 is 34.8. The third-order valence-corrected chi connectivity index (χ3v) is 8.19. The van der Waals surface area contributed by atoms with Crippen LogP contribution in [0.15, 0.2) is 23.1 Å². The molecule has 0 spiro atoms. The van der Waals surface area contributed by atoms with Gasteiger partial charge in [0.1, 0.15) is 5.82 Å². The zero-order valence-electron chi connectivity index (χ0n) is 18.4. The summed E-state index contributed by atoms with van der Waals surface area (Å²) in [5.74, 6) is 1.57. The van der Waals surface area contributed by atoms with Crippen LogP contribution in [0.25, 0.3) is 11.0 Å². The van der Waals surface area contributed by atoms with Crippen LogP contribution >= 0.6 is 0 Å². The molecule has 0 radical (unpaired) electrons. The third-order valence-electron chi connectivity index (χ3n) is 6.30. The number of imidazole rings is 1. The maximum atomic E-state index is 13.0. The molecule has 1 aromatic carbocycles. The van der Waals surface area contributed by atoms with Crippen molar-refractivity contribution in [2.45, 2.75) is 51.0 Å². The molecular formula is C22H32N4O4S. The summed E-state index contributed by atoms with van der Waals surface area (Å²) in [7, 11) is -3.57. The highest BCUT2D eigenvalue weighted by atomic mass is 32.2. The van der Waals surface area contributed by atoms with E-state index in [1.807, 2.05) is 17.9 Å². The lowest BCUT2D eigenvalue weighted by Gasteiger charge is -2.31. The van der Waals surface area contributed by atoms with Gasteiger partial charge in [-0.1, -0.05) is 6.92 Å². The Balaban J connectivity index is 1.54. The number of hydrogen-bond acceptors (Lipinski definition) is 5. The number of amides is 1. The summed E-state index contributed by atoms with van der Waals surface area (Å²) in [5, 5.41) is 0. The summed E-state index contributed by atoms with van der Waals surface area (Å²) in [6.45, 7) is 8.20. The van der Waals surface area contributed by atoms with Crippen LogP contribution in [0.2, 0.25) is 0 Å². The number of benzene rings is 1. The Kier molecular flexibility index (Phi) is 6.64. The molecule has 8 nitrogen and oxygen atoms in total. The number of ether oxygens (including phenoxy) is 1. The molecule has 1 unspecified atom stereocenters. The molecule has 9 heteroatoms. The zero-order chi connectivity index (χ0) is 22.0. The Bertz CT molecular complexity index is 1040. The zero-order valence-corrected chi connectivity index (χ0v) is 19.2. The molecule has 0 saturated carbocycles. The van der Waals surface area contributed by atoms with Crippen molar-refractivity contribution in [1.29, 1.82) is 0 Å². The SMILES string of the molecule is CCn1c(CCC(=O)N2CCCC(C)C2)nc2cc(S(=O)(=O)N3CCOCC3)ccc21. The van der Waals surface area contributed by atoms with Gasteiger partial charge in [0, 0.05) is 45.6 Å². The number of aromatic nitrogens is 2. The van der Waals surface area contributed by atoms with E-state index >= 15 is 0 Å².